The fourth-order valence-electron chi connectivity index (χ4n) is 6.20. The number of nitrogens with zero attached hydrogens (tertiary/aromatic N) is 3. The fraction of sp³-hybridized carbons (Fsp3) is 0.455. The third-order valence-electron chi connectivity index (χ3n) is 8.31. The van der Waals surface area contributed by atoms with Gasteiger partial charge in [0.15, 0.2) is 0 Å². The number of hydrogen-bond acceptors (Lipinski definition) is 6. The van der Waals surface area contributed by atoms with Crippen LogP contribution in [0.5, 0.6) is 0 Å². The van der Waals surface area contributed by atoms with Gasteiger partial charge in [-0.2, -0.15) is 0 Å². The Morgan fingerprint density at radius 2 is 1.90 bits per heavy atom. The van der Waals surface area contributed by atoms with Gasteiger partial charge in [-0.05, 0) is 52.6 Å². The molecule has 42 heavy (non-hydrogen) atoms. The first kappa shape index (κ1) is 29.9. The molecule has 2 aliphatic rings. The van der Waals surface area contributed by atoms with Gasteiger partial charge in [-0.15, -0.1) is 11.3 Å². The largest absolute Gasteiger partial charge is 0.391 e. The van der Waals surface area contributed by atoms with Gasteiger partial charge >= 0.3 is 0 Å². The minimum Gasteiger partial charge on any atom is -0.391 e. The van der Waals surface area contributed by atoms with E-state index in [4.69, 9.17) is 0 Å². The van der Waals surface area contributed by atoms with E-state index in [1.54, 1.807) is 22.3 Å². The van der Waals surface area contributed by atoms with Crippen molar-refractivity contribution in [2.24, 2.45) is 5.92 Å². The normalized spacial score (nSPS) is 19.4. The van der Waals surface area contributed by atoms with Crippen LogP contribution in [0.3, 0.4) is 0 Å². The van der Waals surface area contributed by atoms with Crippen LogP contribution in [-0.2, 0) is 28.1 Å². The van der Waals surface area contributed by atoms with Crippen molar-refractivity contribution in [2.45, 2.75) is 84.7 Å². The topological polar surface area (TPSA) is 103 Å². The zero-order valence-corrected chi connectivity index (χ0v) is 26.0. The highest BCUT2D eigenvalue weighted by molar-refractivity contribution is 7.13. The van der Waals surface area contributed by atoms with Gasteiger partial charge in [-0.25, -0.2) is 4.98 Å². The Kier molecular flexibility index (Phi) is 8.27. The molecule has 1 aromatic heterocycles. The van der Waals surface area contributed by atoms with E-state index in [9.17, 15) is 19.5 Å². The zero-order valence-electron chi connectivity index (χ0n) is 25.2. The predicted molar refractivity (Wildman–Crippen MR) is 164 cm³/mol. The van der Waals surface area contributed by atoms with E-state index in [1.165, 1.54) is 4.90 Å². The Bertz CT molecular complexity index is 1510. The Hall–Kier alpha value is -3.56. The highest BCUT2D eigenvalue weighted by atomic mass is 32.1. The van der Waals surface area contributed by atoms with E-state index in [0.29, 0.717) is 18.7 Å². The number of fused-ring (bicyclic) bond motifs is 1. The Morgan fingerprint density at radius 3 is 2.55 bits per heavy atom. The quantitative estimate of drug-likeness (QED) is 0.418. The number of benzene rings is 2. The second-order valence-corrected chi connectivity index (χ2v) is 13.6. The molecule has 2 aliphatic heterocycles. The lowest BCUT2D eigenvalue weighted by Gasteiger charge is -2.35. The van der Waals surface area contributed by atoms with Crippen LogP contribution in [0.2, 0.25) is 0 Å². The highest BCUT2D eigenvalue weighted by Gasteiger charge is 2.45. The van der Waals surface area contributed by atoms with Crippen LogP contribution in [0, 0.1) is 12.8 Å². The minimum absolute atomic E-state index is 0.0608. The number of aliphatic hydroxyl groups excluding tert-OH is 1. The van der Waals surface area contributed by atoms with Crippen molar-refractivity contribution in [1.82, 2.24) is 20.1 Å². The molecule has 0 bridgehead atoms. The van der Waals surface area contributed by atoms with Gasteiger partial charge in [-0.3, -0.25) is 14.4 Å². The fourth-order valence-corrected chi connectivity index (χ4v) is 7.01. The van der Waals surface area contributed by atoms with Crippen molar-refractivity contribution in [2.75, 3.05) is 6.54 Å². The van der Waals surface area contributed by atoms with Crippen LogP contribution in [0.4, 0.5) is 0 Å². The molecule has 222 valence electrons. The smallest absolute Gasteiger partial charge is 0.255 e. The second-order valence-electron chi connectivity index (χ2n) is 12.8. The first-order chi connectivity index (χ1) is 19.9. The molecule has 3 amide bonds. The van der Waals surface area contributed by atoms with Gasteiger partial charge in [-0.1, -0.05) is 65.0 Å². The number of aliphatic hydroxyl groups is 1. The third-order valence-corrected chi connectivity index (χ3v) is 9.29. The highest BCUT2D eigenvalue weighted by Crippen LogP contribution is 2.34. The minimum atomic E-state index is -0.814. The first-order valence-electron chi connectivity index (χ1n) is 14.6. The number of carbonyl (C=O) groups excluding carboxylic acids is 3. The lowest BCUT2D eigenvalue weighted by Crippen LogP contribution is -2.55. The molecule has 1 saturated heterocycles. The SMILES string of the molecule is Cc1ncsc1-c1ccc(CNC(=O)C2CC(O)CN2C(=O)C(C(C)C)N2Cc3ccccc3C2=O)c(C(C)(C)C)c1. The number of β-amino-alcohol motifs (C(OH)–C–C–N with tert-alkyl or cyclic N) is 1. The van der Waals surface area contributed by atoms with Gasteiger partial charge in [0.1, 0.15) is 12.1 Å². The lowest BCUT2D eigenvalue weighted by atomic mass is 9.82. The average Bonchev–Trinajstić information content (AvgIpc) is 3.64. The molecule has 3 unspecified atom stereocenters. The van der Waals surface area contributed by atoms with E-state index >= 15 is 0 Å². The van der Waals surface area contributed by atoms with Crippen LogP contribution in [0.25, 0.3) is 10.4 Å². The van der Waals surface area contributed by atoms with Crippen molar-refractivity contribution < 1.29 is 19.5 Å². The maximum atomic E-state index is 14.0. The number of amides is 3. The van der Waals surface area contributed by atoms with Crippen LogP contribution in [0.1, 0.15) is 73.8 Å². The van der Waals surface area contributed by atoms with E-state index in [-0.39, 0.29) is 42.0 Å². The Labute approximate surface area is 251 Å². The van der Waals surface area contributed by atoms with Crippen LogP contribution >= 0.6 is 11.3 Å². The molecule has 2 N–H and O–H groups in total. The number of aromatic nitrogens is 1. The van der Waals surface area contributed by atoms with Gasteiger partial charge in [0, 0.05) is 31.6 Å². The maximum absolute atomic E-state index is 14.0. The van der Waals surface area contributed by atoms with Crippen LogP contribution in [-0.4, -0.2) is 62.3 Å². The first-order valence-corrected chi connectivity index (χ1v) is 15.4. The van der Waals surface area contributed by atoms with Crippen molar-refractivity contribution in [1.29, 1.82) is 0 Å². The standard InChI is InChI=1S/C33H40N4O4S/c1-19(2)28(37-16-23-9-7-8-10-25(23)31(37)40)32(41)36-17-24(38)14-27(36)30(39)34-15-22-12-11-21(13-26(22)33(4,5)6)29-20(3)35-18-42-29/h7-13,18-19,24,27-28,38H,14-17H2,1-6H3,(H,34,39). The summed E-state index contributed by atoms with van der Waals surface area (Å²) in [5.41, 5.74) is 7.40. The van der Waals surface area contributed by atoms with Crippen LogP contribution in [0.15, 0.2) is 48.0 Å². The molecular formula is C33H40N4O4S. The Balaban J connectivity index is 1.34. The predicted octanol–water partition coefficient (Wildman–Crippen LogP) is 4.67. The zero-order chi connectivity index (χ0) is 30.3. The number of aryl methyl sites for hydroxylation is 1. The molecule has 0 spiro atoms. The Morgan fingerprint density at radius 1 is 1.17 bits per heavy atom. The van der Waals surface area contributed by atoms with Crippen molar-refractivity contribution in [3.63, 3.8) is 0 Å². The summed E-state index contributed by atoms with van der Waals surface area (Å²) in [5, 5.41) is 13.6. The van der Waals surface area contributed by atoms with Crippen molar-refractivity contribution in [3.05, 3.63) is 75.9 Å². The van der Waals surface area contributed by atoms with E-state index < -0.39 is 18.2 Å². The summed E-state index contributed by atoms with van der Waals surface area (Å²) in [4.78, 5) is 49.5. The number of carbonyl (C=O) groups is 3. The van der Waals surface area contributed by atoms with Crippen molar-refractivity contribution >= 4 is 29.1 Å². The summed E-state index contributed by atoms with van der Waals surface area (Å²) < 4.78 is 0. The summed E-state index contributed by atoms with van der Waals surface area (Å²) in [6.45, 7) is 13.0. The number of thiazole rings is 1. The summed E-state index contributed by atoms with van der Waals surface area (Å²) in [6, 6.07) is 12.1. The van der Waals surface area contributed by atoms with Gasteiger partial charge in [0.05, 0.1) is 22.2 Å². The maximum Gasteiger partial charge on any atom is 0.255 e. The number of likely N-dealkylation sites (tertiary alicyclic amines) is 1. The molecule has 8 nitrogen and oxygen atoms in total. The van der Waals surface area contributed by atoms with E-state index in [0.717, 1.165) is 32.8 Å². The monoisotopic (exact) mass is 588 g/mol. The molecule has 3 aromatic rings. The molecule has 3 atom stereocenters. The lowest BCUT2D eigenvalue weighted by molar-refractivity contribution is -0.143. The van der Waals surface area contributed by atoms with Gasteiger partial charge in [0.2, 0.25) is 11.8 Å². The molecule has 3 heterocycles. The van der Waals surface area contributed by atoms with E-state index in [1.807, 2.05) is 50.5 Å². The molecule has 2 aromatic carbocycles. The van der Waals surface area contributed by atoms with Crippen molar-refractivity contribution in [3.8, 4) is 10.4 Å². The summed E-state index contributed by atoms with van der Waals surface area (Å²) in [7, 11) is 0. The summed E-state index contributed by atoms with van der Waals surface area (Å²) in [5.74, 6) is -0.958. The molecule has 5 rings (SSSR count). The second kappa shape index (κ2) is 11.6. The van der Waals surface area contributed by atoms with Crippen LogP contribution < -0.4 is 5.32 Å². The summed E-state index contributed by atoms with van der Waals surface area (Å²) >= 11 is 1.61. The van der Waals surface area contributed by atoms with Gasteiger partial charge in [0.25, 0.3) is 5.91 Å². The molecule has 1 fully saturated rings. The molecule has 0 saturated carbocycles. The number of nitrogens with one attached hydrogen (secondary N) is 1. The summed E-state index contributed by atoms with van der Waals surface area (Å²) in [6.07, 6.45) is -0.650. The third kappa shape index (κ3) is 5.72. The number of hydrogen-bond donors (Lipinski definition) is 2. The molecule has 9 heteroatoms. The molecular weight excluding hydrogens is 548 g/mol. The molecule has 0 radical (unpaired) electrons. The van der Waals surface area contributed by atoms with Gasteiger partial charge < -0.3 is 20.2 Å². The number of rotatable bonds is 7. The van der Waals surface area contributed by atoms with E-state index in [2.05, 4.69) is 43.2 Å². The average molecular weight is 589 g/mol. The molecule has 0 aliphatic carbocycles.